The summed E-state index contributed by atoms with van der Waals surface area (Å²) in [4.78, 5) is 24.9. The molecule has 104 valence electrons. The molecule has 0 radical (unpaired) electrons. The van der Waals surface area contributed by atoms with Gasteiger partial charge in [0.15, 0.2) is 0 Å². The lowest BCUT2D eigenvalue weighted by atomic mass is 10.0. The molecule has 0 saturated carbocycles. The zero-order valence-corrected chi connectivity index (χ0v) is 11.9. The molecule has 1 aromatic rings. The van der Waals surface area contributed by atoms with Gasteiger partial charge in [-0.05, 0) is 32.4 Å². The second-order valence-electron chi connectivity index (χ2n) is 4.90. The fraction of sp³-hybridized carbons (Fsp3) is 0.467. The molecule has 4 nitrogen and oxygen atoms in total. The molecule has 0 bridgehead atoms. The molecule has 0 aromatic heterocycles. The van der Waals surface area contributed by atoms with Crippen LogP contribution in [0.3, 0.4) is 0 Å². The molecule has 0 aliphatic carbocycles. The van der Waals surface area contributed by atoms with Crippen molar-refractivity contribution in [2.45, 2.75) is 27.7 Å². The Labute approximate surface area is 114 Å². The summed E-state index contributed by atoms with van der Waals surface area (Å²) in [5, 5.41) is 8.94. The van der Waals surface area contributed by atoms with Crippen molar-refractivity contribution in [1.82, 2.24) is 4.90 Å². The van der Waals surface area contributed by atoms with E-state index in [0.717, 1.165) is 11.1 Å². The number of carboxylic acids is 1. The summed E-state index contributed by atoms with van der Waals surface area (Å²) in [5.41, 5.74) is 2.59. The summed E-state index contributed by atoms with van der Waals surface area (Å²) in [6.45, 7) is 8.04. The van der Waals surface area contributed by atoms with Crippen molar-refractivity contribution in [3.05, 3.63) is 34.9 Å². The Balaban J connectivity index is 2.95. The number of carbonyl (C=O) groups is 2. The van der Waals surface area contributed by atoms with Gasteiger partial charge in [-0.1, -0.05) is 24.6 Å². The first-order chi connectivity index (χ1) is 8.86. The molecule has 1 rings (SSSR count). The highest BCUT2D eigenvalue weighted by Gasteiger charge is 2.21. The molecule has 0 heterocycles. The number of aryl methyl sites for hydroxylation is 2. The molecule has 0 aliphatic heterocycles. The summed E-state index contributed by atoms with van der Waals surface area (Å²) in [5.74, 6) is -1.54. The van der Waals surface area contributed by atoms with Crippen molar-refractivity contribution in [2.24, 2.45) is 5.92 Å². The fourth-order valence-corrected chi connectivity index (χ4v) is 1.90. The van der Waals surface area contributed by atoms with Crippen LogP contribution in [0.25, 0.3) is 0 Å². The minimum atomic E-state index is -0.882. The van der Waals surface area contributed by atoms with E-state index >= 15 is 0 Å². The molecule has 0 aliphatic rings. The lowest BCUT2D eigenvalue weighted by Gasteiger charge is -2.24. The van der Waals surface area contributed by atoms with Gasteiger partial charge in [0.25, 0.3) is 5.91 Å². The first kappa shape index (κ1) is 15.2. The molecule has 0 spiro atoms. The molecule has 4 heteroatoms. The highest BCUT2D eigenvalue weighted by Crippen LogP contribution is 2.14. The maximum Gasteiger partial charge on any atom is 0.308 e. The Morgan fingerprint density at radius 2 is 1.95 bits per heavy atom. The monoisotopic (exact) mass is 263 g/mol. The number of hydrogen-bond acceptors (Lipinski definition) is 2. The third-order valence-corrected chi connectivity index (χ3v) is 3.21. The smallest absolute Gasteiger partial charge is 0.308 e. The van der Waals surface area contributed by atoms with Gasteiger partial charge in [0.2, 0.25) is 0 Å². The summed E-state index contributed by atoms with van der Waals surface area (Å²) in [6, 6.07) is 5.73. The van der Waals surface area contributed by atoms with Gasteiger partial charge in [-0.25, -0.2) is 0 Å². The number of hydrogen-bond donors (Lipinski definition) is 1. The van der Waals surface area contributed by atoms with Gasteiger partial charge in [0.05, 0.1) is 5.92 Å². The normalized spacial score (nSPS) is 12.0. The van der Waals surface area contributed by atoms with Gasteiger partial charge in [-0.2, -0.15) is 0 Å². The van der Waals surface area contributed by atoms with Gasteiger partial charge in [0, 0.05) is 18.7 Å². The second-order valence-corrected chi connectivity index (χ2v) is 4.90. The van der Waals surface area contributed by atoms with E-state index in [1.165, 1.54) is 0 Å². The zero-order valence-electron chi connectivity index (χ0n) is 11.9. The quantitative estimate of drug-likeness (QED) is 0.888. The van der Waals surface area contributed by atoms with Crippen molar-refractivity contribution in [3.8, 4) is 0 Å². The minimum absolute atomic E-state index is 0.100. The van der Waals surface area contributed by atoms with E-state index in [-0.39, 0.29) is 12.5 Å². The lowest BCUT2D eigenvalue weighted by molar-refractivity contribution is -0.141. The van der Waals surface area contributed by atoms with Crippen molar-refractivity contribution in [2.75, 3.05) is 13.1 Å². The van der Waals surface area contributed by atoms with Crippen LogP contribution >= 0.6 is 0 Å². The minimum Gasteiger partial charge on any atom is -0.481 e. The first-order valence-electron chi connectivity index (χ1n) is 6.46. The Morgan fingerprint density at radius 3 is 2.47 bits per heavy atom. The Morgan fingerprint density at radius 1 is 1.32 bits per heavy atom. The van der Waals surface area contributed by atoms with Crippen LogP contribution in [0.15, 0.2) is 18.2 Å². The zero-order chi connectivity index (χ0) is 14.6. The van der Waals surface area contributed by atoms with Crippen molar-refractivity contribution >= 4 is 11.9 Å². The molecular formula is C15H21NO3. The van der Waals surface area contributed by atoms with Gasteiger partial charge in [-0.15, -0.1) is 0 Å². The van der Waals surface area contributed by atoms with Crippen molar-refractivity contribution < 1.29 is 14.7 Å². The van der Waals surface area contributed by atoms with Crippen LogP contribution in [0.2, 0.25) is 0 Å². The van der Waals surface area contributed by atoms with Crippen LogP contribution in [-0.2, 0) is 4.79 Å². The lowest BCUT2D eigenvalue weighted by Crippen LogP contribution is -2.37. The molecule has 1 unspecified atom stereocenters. The van der Waals surface area contributed by atoms with E-state index in [1.807, 2.05) is 39.0 Å². The summed E-state index contributed by atoms with van der Waals surface area (Å²) < 4.78 is 0. The Kier molecular flexibility index (Phi) is 5.10. The second kappa shape index (κ2) is 6.36. The average molecular weight is 263 g/mol. The average Bonchev–Trinajstić information content (AvgIpc) is 2.37. The highest BCUT2D eigenvalue weighted by molar-refractivity contribution is 5.96. The topological polar surface area (TPSA) is 57.6 Å². The number of benzene rings is 1. The standard InChI is InChI=1S/C15H21NO3/c1-5-16(9-12(4)15(18)19)14(17)13-8-10(2)6-7-11(13)3/h6-8,12H,5,9H2,1-4H3,(H,18,19). The van der Waals surface area contributed by atoms with Crippen LogP contribution in [0.5, 0.6) is 0 Å². The fourth-order valence-electron chi connectivity index (χ4n) is 1.90. The van der Waals surface area contributed by atoms with Crippen LogP contribution in [0.1, 0.15) is 35.3 Å². The predicted octanol–water partition coefficient (Wildman–Crippen LogP) is 2.49. The van der Waals surface area contributed by atoms with E-state index in [2.05, 4.69) is 0 Å². The maximum atomic E-state index is 12.4. The number of aliphatic carboxylic acids is 1. The van der Waals surface area contributed by atoms with Crippen molar-refractivity contribution in [1.29, 1.82) is 0 Å². The molecular weight excluding hydrogens is 242 g/mol. The first-order valence-corrected chi connectivity index (χ1v) is 6.46. The molecule has 0 fully saturated rings. The molecule has 19 heavy (non-hydrogen) atoms. The maximum absolute atomic E-state index is 12.4. The molecule has 1 amide bonds. The molecule has 1 N–H and O–H groups in total. The van der Waals surface area contributed by atoms with Crippen LogP contribution < -0.4 is 0 Å². The van der Waals surface area contributed by atoms with E-state index < -0.39 is 11.9 Å². The predicted molar refractivity (Wildman–Crippen MR) is 74.3 cm³/mol. The Hall–Kier alpha value is -1.84. The van der Waals surface area contributed by atoms with E-state index in [1.54, 1.807) is 11.8 Å². The van der Waals surface area contributed by atoms with E-state index in [0.29, 0.717) is 12.1 Å². The van der Waals surface area contributed by atoms with E-state index in [9.17, 15) is 9.59 Å². The number of amides is 1. The molecule has 1 atom stereocenters. The summed E-state index contributed by atoms with van der Waals surface area (Å²) in [6.07, 6.45) is 0. The number of carbonyl (C=O) groups excluding carboxylic acids is 1. The van der Waals surface area contributed by atoms with Gasteiger partial charge < -0.3 is 10.0 Å². The van der Waals surface area contributed by atoms with Crippen LogP contribution in [0, 0.1) is 19.8 Å². The molecule has 0 saturated heterocycles. The Bertz CT molecular complexity index is 482. The van der Waals surface area contributed by atoms with Crippen LogP contribution in [-0.4, -0.2) is 35.0 Å². The van der Waals surface area contributed by atoms with Crippen molar-refractivity contribution in [3.63, 3.8) is 0 Å². The number of carboxylic acid groups (broad SMARTS) is 1. The van der Waals surface area contributed by atoms with Crippen LogP contribution in [0.4, 0.5) is 0 Å². The highest BCUT2D eigenvalue weighted by atomic mass is 16.4. The van der Waals surface area contributed by atoms with Gasteiger partial charge in [0.1, 0.15) is 0 Å². The SMILES string of the molecule is CCN(CC(C)C(=O)O)C(=O)c1cc(C)ccc1C. The number of rotatable bonds is 5. The molecule has 1 aromatic carbocycles. The summed E-state index contributed by atoms with van der Waals surface area (Å²) in [7, 11) is 0. The third-order valence-electron chi connectivity index (χ3n) is 3.21. The number of nitrogens with zero attached hydrogens (tertiary/aromatic N) is 1. The van der Waals surface area contributed by atoms with E-state index in [4.69, 9.17) is 5.11 Å². The van der Waals surface area contributed by atoms with Gasteiger partial charge >= 0.3 is 5.97 Å². The third kappa shape index (κ3) is 3.81. The largest absolute Gasteiger partial charge is 0.481 e. The van der Waals surface area contributed by atoms with Gasteiger partial charge in [-0.3, -0.25) is 9.59 Å². The summed E-state index contributed by atoms with van der Waals surface area (Å²) >= 11 is 0.